The summed E-state index contributed by atoms with van der Waals surface area (Å²) in [6, 6.07) is 7.82. The standard InChI is InChI=1S/C24H19ClF3N3O6/c1-23(2)14-9-13(7-8-16(14)29(3)20(23)33)30-11-17(37-22(35)36)19(32)31(21(30)34)10-12-5-4-6-15(25)18(12)24(26,27)28/h4-9,11H,10H2,1-3H3,(H,35,36). The zero-order valence-corrected chi connectivity index (χ0v) is 20.3. The maximum Gasteiger partial charge on any atom is 0.511 e. The minimum atomic E-state index is -4.89. The minimum absolute atomic E-state index is 0.131. The average Bonchev–Trinajstić information content (AvgIpc) is 2.97. The van der Waals surface area contributed by atoms with E-state index in [2.05, 4.69) is 4.74 Å². The SMILES string of the molecule is CN1C(=O)C(C)(C)c2cc(-n3cc(OC(=O)O)c(=O)n(Cc4cccc(Cl)c4C(F)(F)F)c3=O)ccc21. The number of amides is 1. The smallest absolute Gasteiger partial charge is 0.449 e. The second-order valence-corrected chi connectivity index (χ2v) is 9.27. The summed E-state index contributed by atoms with van der Waals surface area (Å²) in [4.78, 5) is 51.6. The summed E-state index contributed by atoms with van der Waals surface area (Å²) >= 11 is 5.77. The van der Waals surface area contributed by atoms with Crippen molar-refractivity contribution in [2.75, 3.05) is 11.9 Å². The molecule has 1 aromatic heterocycles. The maximum atomic E-state index is 13.7. The third-order valence-corrected chi connectivity index (χ3v) is 6.50. The Kier molecular flexibility index (Phi) is 6.19. The summed E-state index contributed by atoms with van der Waals surface area (Å²) in [5, 5.41) is 8.44. The van der Waals surface area contributed by atoms with Gasteiger partial charge in [-0.05, 0) is 49.2 Å². The number of anilines is 1. The van der Waals surface area contributed by atoms with E-state index in [1.54, 1.807) is 27.0 Å². The highest BCUT2D eigenvalue weighted by molar-refractivity contribution is 6.31. The highest BCUT2D eigenvalue weighted by Gasteiger charge is 2.42. The van der Waals surface area contributed by atoms with Gasteiger partial charge in [0, 0.05) is 12.7 Å². The van der Waals surface area contributed by atoms with Crippen molar-refractivity contribution in [1.82, 2.24) is 9.13 Å². The van der Waals surface area contributed by atoms with Crippen LogP contribution in [0.2, 0.25) is 5.02 Å². The Morgan fingerprint density at radius 1 is 1.14 bits per heavy atom. The second-order valence-electron chi connectivity index (χ2n) is 8.87. The van der Waals surface area contributed by atoms with E-state index in [-0.39, 0.29) is 11.6 Å². The fourth-order valence-electron chi connectivity index (χ4n) is 4.37. The van der Waals surface area contributed by atoms with Crippen LogP contribution in [0.1, 0.15) is 30.5 Å². The minimum Gasteiger partial charge on any atom is -0.449 e. The normalized spacial score (nSPS) is 14.6. The highest BCUT2D eigenvalue weighted by Crippen LogP contribution is 2.41. The van der Waals surface area contributed by atoms with Crippen LogP contribution in [-0.4, -0.2) is 33.4 Å². The first kappa shape index (κ1) is 26.0. The number of benzene rings is 2. The van der Waals surface area contributed by atoms with Gasteiger partial charge >= 0.3 is 18.0 Å². The molecule has 0 spiro atoms. The van der Waals surface area contributed by atoms with Crippen LogP contribution in [0, 0.1) is 0 Å². The van der Waals surface area contributed by atoms with E-state index in [4.69, 9.17) is 16.7 Å². The fourth-order valence-corrected chi connectivity index (χ4v) is 4.67. The quantitative estimate of drug-likeness (QED) is 0.503. The van der Waals surface area contributed by atoms with E-state index in [1.165, 1.54) is 23.1 Å². The Labute approximate surface area is 211 Å². The predicted molar refractivity (Wildman–Crippen MR) is 127 cm³/mol. The summed E-state index contributed by atoms with van der Waals surface area (Å²) in [6.07, 6.45) is -5.92. The number of nitrogens with zero attached hydrogens (tertiary/aromatic N) is 3. The molecule has 0 radical (unpaired) electrons. The van der Waals surface area contributed by atoms with Gasteiger partial charge in [-0.2, -0.15) is 13.2 Å². The molecule has 37 heavy (non-hydrogen) atoms. The van der Waals surface area contributed by atoms with Crippen LogP contribution in [0.15, 0.2) is 52.2 Å². The Morgan fingerprint density at radius 2 is 1.81 bits per heavy atom. The van der Waals surface area contributed by atoms with Gasteiger partial charge in [-0.25, -0.2) is 9.59 Å². The van der Waals surface area contributed by atoms with Gasteiger partial charge in [0.2, 0.25) is 11.7 Å². The van der Waals surface area contributed by atoms with Gasteiger partial charge in [0.15, 0.2) is 0 Å². The Morgan fingerprint density at radius 3 is 2.43 bits per heavy atom. The number of fused-ring (bicyclic) bond motifs is 1. The third kappa shape index (κ3) is 4.37. The molecule has 1 amide bonds. The molecule has 9 nitrogen and oxygen atoms in total. The van der Waals surface area contributed by atoms with E-state index < -0.39 is 57.4 Å². The Bertz CT molecular complexity index is 1580. The van der Waals surface area contributed by atoms with Gasteiger partial charge in [0.05, 0.1) is 34.4 Å². The van der Waals surface area contributed by atoms with Gasteiger partial charge < -0.3 is 14.7 Å². The van der Waals surface area contributed by atoms with E-state index >= 15 is 0 Å². The van der Waals surface area contributed by atoms with Gasteiger partial charge in [0.25, 0.3) is 5.56 Å². The van der Waals surface area contributed by atoms with Gasteiger partial charge in [-0.3, -0.25) is 18.7 Å². The second kappa shape index (κ2) is 8.80. The molecule has 1 aliphatic rings. The number of rotatable bonds is 4. The van der Waals surface area contributed by atoms with Gasteiger partial charge in [-0.1, -0.05) is 23.7 Å². The molecule has 0 saturated heterocycles. The summed E-state index contributed by atoms with van der Waals surface area (Å²) in [5.41, 5.74) is -3.74. The van der Waals surface area contributed by atoms with E-state index in [0.717, 1.165) is 22.9 Å². The highest BCUT2D eigenvalue weighted by atomic mass is 35.5. The molecule has 1 aliphatic heterocycles. The molecule has 0 unspecified atom stereocenters. The summed E-state index contributed by atoms with van der Waals surface area (Å²) < 4.78 is 46.9. The molecule has 2 heterocycles. The van der Waals surface area contributed by atoms with Crippen molar-refractivity contribution in [3.8, 4) is 11.4 Å². The topological polar surface area (TPSA) is 111 Å². The number of carbonyl (C=O) groups is 2. The van der Waals surface area contributed by atoms with E-state index in [0.29, 0.717) is 15.8 Å². The molecule has 0 atom stereocenters. The van der Waals surface area contributed by atoms with E-state index in [9.17, 15) is 32.3 Å². The number of carboxylic acid groups (broad SMARTS) is 1. The summed E-state index contributed by atoms with van der Waals surface area (Å²) in [6.45, 7) is 2.49. The van der Waals surface area contributed by atoms with Crippen LogP contribution in [0.25, 0.3) is 5.69 Å². The van der Waals surface area contributed by atoms with Crippen molar-refractivity contribution < 1.29 is 32.6 Å². The van der Waals surface area contributed by atoms with Crippen LogP contribution >= 0.6 is 11.6 Å². The lowest BCUT2D eigenvalue weighted by Crippen LogP contribution is -2.40. The van der Waals surface area contributed by atoms with Crippen molar-refractivity contribution in [2.45, 2.75) is 32.0 Å². The zero-order chi connectivity index (χ0) is 27.4. The van der Waals surface area contributed by atoms with Gasteiger partial charge in [-0.15, -0.1) is 0 Å². The largest absolute Gasteiger partial charge is 0.511 e. The number of likely N-dealkylation sites (N-methyl/N-ethyl adjacent to an activating group) is 1. The molecular formula is C24H19ClF3N3O6. The molecular weight excluding hydrogens is 519 g/mol. The van der Waals surface area contributed by atoms with Crippen LogP contribution < -0.4 is 20.9 Å². The van der Waals surface area contributed by atoms with Crippen molar-refractivity contribution in [1.29, 1.82) is 0 Å². The summed E-state index contributed by atoms with van der Waals surface area (Å²) in [7, 11) is 1.59. The molecule has 0 bridgehead atoms. The number of aromatic nitrogens is 2. The first-order chi connectivity index (χ1) is 17.1. The van der Waals surface area contributed by atoms with Gasteiger partial charge in [0.1, 0.15) is 0 Å². The number of ether oxygens (including phenoxy) is 1. The van der Waals surface area contributed by atoms with E-state index in [1.807, 2.05) is 0 Å². The first-order valence-corrected chi connectivity index (χ1v) is 11.1. The lowest BCUT2D eigenvalue weighted by Gasteiger charge is -2.18. The fraction of sp³-hybridized carbons (Fsp3) is 0.250. The van der Waals surface area contributed by atoms with Crippen LogP contribution in [0.3, 0.4) is 0 Å². The summed E-state index contributed by atoms with van der Waals surface area (Å²) in [5.74, 6) is -1.01. The Balaban J connectivity index is 1.95. The van der Waals surface area contributed by atoms with Crippen molar-refractivity contribution in [3.63, 3.8) is 0 Å². The van der Waals surface area contributed by atoms with Crippen molar-refractivity contribution >= 4 is 29.4 Å². The number of hydrogen-bond acceptors (Lipinski definition) is 5. The van der Waals surface area contributed by atoms with Crippen molar-refractivity contribution in [3.05, 3.63) is 85.1 Å². The molecule has 0 aliphatic carbocycles. The molecule has 3 aromatic rings. The number of carbonyl (C=O) groups excluding carboxylic acids is 1. The Hall–Kier alpha value is -4.06. The zero-order valence-electron chi connectivity index (χ0n) is 19.6. The molecule has 4 rings (SSSR count). The molecule has 13 heteroatoms. The predicted octanol–water partition coefficient (Wildman–Crippen LogP) is 4.03. The molecule has 0 saturated carbocycles. The van der Waals surface area contributed by atoms with Crippen molar-refractivity contribution in [2.24, 2.45) is 0 Å². The first-order valence-electron chi connectivity index (χ1n) is 10.7. The maximum absolute atomic E-state index is 13.7. The average molecular weight is 538 g/mol. The van der Waals surface area contributed by atoms with Crippen LogP contribution in [0.5, 0.6) is 5.75 Å². The monoisotopic (exact) mass is 537 g/mol. The number of halogens is 4. The number of alkyl halides is 3. The molecule has 2 aromatic carbocycles. The van der Waals surface area contributed by atoms with Crippen LogP contribution in [0.4, 0.5) is 23.7 Å². The molecule has 194 valence electrons. The third-order valence-electron chi connectivity index (χ3n) is 6.18. The van der Waals surface area contributed by atoms with Crippen LogP contribution in [-0.2, 0) is 22.9 Å². The lowest BCUT2D eigenvalue weighted by atomic mass is 9.86. The number of hydrogen-bond donors (Lipinski definition) is 1. The molecule has 0 fully saturated rings. The lowest BCUT2D eigenvalue weighted by molar-refractivity contribution is -0.138. The molecule has 1 N–H and O–H groups in total.